The molecule has 20 heavy (non-hydrogen) atoms. The Hall–Kier alpha value is -1.91. The van der Waals surface area contributed by atoms with E-state index in [0.717, 1.165) is 0 Å². The molecule has 0 nitrogen and oxygen atoms in total. The lowest BCUT2D eigenvalue weighted by Gasteiger charge is -2.29. The molecular formula is C18H15Si2. The highest BCUT2D eigenvalue weighted by molar-refractivity contribution is 7.38. The molecule has 0 aliphatic carbocycles. The number of benzene rings is 3. The highest BCUT2D eigenvalue weighted by atomic mass is 29.2. The summed E-state index contributed by atoms with van der Waals surface area (Å²) in [6.07, 6.45) is 0. The monoisotopic (exact) mass is 287 g/mol. The van der Waals surface area contributed by atoms with E-state index in [1.165, 1.54) is 15.6 Å². The van der Waals surface area contributed by atoms with Crippen LogP contribution in [0.15, 0.2) is 91.0 Å². The number of hydrogen-bond donors (Lipinski definition) is 0. The summed E-state index contributed by atoms with van der Waals surface area (Å²) < 4.78 is 0. The van der Waals surface area contributed by atoms with Crippen LogP contribution in [-0.4, -0.2) is 17.4 Å². The molecule has 0 fully saturated rings. The van der Waals surface area contributed by atoms with Gasteiger partial charge in [-0.2, -0.15) is 0 Å². The largest absolute Gasteiger partial charge is 0.130 e. The molecule has 3 rings (SSSR count). The summed E-state index contributed by atoms with van der Waals surface area (Å²) in [6.45, 7) is 0. The number of hydrogen-bond acceptors (Lipinski definition) is 0. The second-order valence-electron chi connectivity index (χ2n) is 4.85. The highest BCUT2D eigenvalue weighted by Crippen LogP contribution is 2.03. The number of rotatable bonds is 3. The molecule has 0 bridgehead atoms. The molecule has 0 aliphatic rings. The molecule has 0 heterocycles. The van der Waals surface area contributed by atoms with Gasteiger partial charge in [0.2, 0.25) is 0 Å². The Morgan fingerprint density at radius 1 is 0.450 bits per heavy atom. The Bertz CT molecular complexity index is 567. The van der Waals surface area contributed by atoms with Crippen LogP contribution in [0.3, 0.4) is 0 Å². The molecule has 0 spiro atoms. The Morgan fingerprint density at radius 2 is 0.700 bits per heavy atom. The van der Waals surface area contributed by atoms with Gasteiger partial charge in [0.05, 0.1) is 0 Å². The van der Waals surface area contributed by atoms with Crippen molar-refractivity contribution in [3.63, 3.8) is 0 Å². The van der Waals surface area contributed by atoms with Crippen LogP contribution in [-0.2, 0) is 0 Å². The quantitative estimate of drug-likeness (QED) is 0.509. The van der Waals surface area contributed by atoms with Crippen LogP contribution in [0, 0.1) is 0 Å². The summed E-state index contributed by atoms with van der Waals surface area (Å²) in [5, 5.41) is 4.11. The van der Waals surface area contributed by atoms with E-state index in [9.17, 15) is 0 Å². The van der Waals surface area contributed by atoms with E-state index >= 15 is 0 Å². The first-order valence-electron chi connectivity index (χ1n) is 6.73. The van der Waals surface area contributed by atoms with Gasteiger partial charge in [-0.05, 0) is 0 Å². The molecule has 0 unspecified atom stereocenters. The van der Waals surface area contributed by atoms with Crippen molar-refractivity contribution in [3.05, 3.63) is 91.0 Å². The van der Waals surface area contributed by atoms with Gasteiger partial charge in [0.15, 0.2) is 0 Å². The van der Waals surface area contributed by atoms with Gasteiger partial charge < -0.3 is 0 Å². The van der Waals surface area contributed by atoms with Crippen LogP contribution < -0.4 is 15.6 Å². The highest BCUT2D eigenvalue weighted by Gasteiger charge is 2.33. The zero-order valence-corrected chi connectivity index (χ0v) is 13.2. The minimum Gasteiger partial charge on any atom is -0.0625 e. The van der Waals surface area contributed by atoms with Crippen LogP contribution in [0.2, 0.25) is 0 Å². The maximum Gasteiger partial charge on any atom is 0.130 e. The molecule has 0 N–H and O–H groups in total. The van der Waals surface area contributed by atoms with Crippen LogP contribution in [0.5, 0.6) is 0 Å². The standard InChI is InChI=1S/C18H15Si2/c19-20(16-10-4-1-5-11-16,17-12-6-2-7-13-17)18-14-8-3-9-15-18/h1-15H. The molecule has 3 aromatic rings. The van der Waals surface area contributed by atoms with E-state index in [2.05, 4.69) is 101 Å². The summed E-state index contributed by atoms with van der Waals surface area (Å²) in [6, 6.07) is 32.2. The maximum absolute atomic E-state index is 4.21. The molecule has 0 aliphatic heterocycles. The van der Waals surface area contributed by atoms with Gasteiger partial charge in [0.1, 0.15) is 7.59 Å². The minimum absolute atomic E-state index is 1.37. The maximum atomic E-state index is 4.21. The van der Waals surface area contributed by atoms with E-state index in [1.54, 1.807) is 0 Å². The molecule has 0 saturated carbocycles. The van der Waals surface area contributed by atoms with Crippen molar-refractivity contribution in [3.8, 4) is 0 Å². The van der Waals surface area contributed by atoms with Gasteiger partial charge in [0.25, 0.3) is 0 Å². The smallest absolute Gasteiger partial charge is 0.0625 e. The minimum atomic E-state index is -2.07. The van der Waals surface area contributed by atoms with Crippen molar-refractivity contribution in [1.82, 2.24) is 0 Å². The van der Waals surface area contributed by atoms with Crippen molar-refractivity contribution >= 4 is 32.9 Å². The van der Waals surface area contributed by atoms with Gasteiger partial charge in [0, 0.05) is 9.76 Å². The van der Waals surface area contributed by atoms with Crippen LogP contribution >= 0.6 is 0 Å². The first-order valence-corrected chi connectivity index (χ1v) is 10.2. The van der Waals surface area contributed by atoms with Crippen molar-refractivity contribution in [2.75, 3.05) is 0 Å². The first-order chi connectivity index (χ1) is 9.82. The van der Waals surface area contributed by atoms with Crippen LogP contribution in [0.4, 0.5) is 0 Å². The van der Waals surface area contributed by atoms with E-state index in [4.69, 9.17) is 0 Å². The topological polar surface area (TPSA) is 0 Å². The first kappa shape index (κ1) is 13.1. The average molecular weight is 287 g/mol. The van der Waals surface area contributed by atoms with Crippen molar-refractivity contribution < 1.29 is 0 Å². The molecule has 3 aromatic carbocycles. The summed E-state index contributed by atoms with van der Waals surface area (Å²) in [7, 11) is 2.14. The molecule has 0 amide bonds. The fourth-order valence-corrected chi connectivity index (χ4v) is 7.14. The third-order valence-electron chi connectivity index (χ3n) is 3.62. The molecule has 3 radical (unpaired) electrons. The van der Waals surface area contributed by atoms with Gasteiger partial charge in [-0.3, -0.25) is 0 Å². The van der Waals surface area contributed by atoms with E-state index in [0.29, 0.717) is 0 Å². The summed E-state index contributed by atoms with van der Waals surface area (Å²) in [5.74, 6) is 0. The molecule has 0 aromatic heterocycles. The SMILES string of the molecule is [Si][Si](c1ccccc1)(c1ccccc1)c1ccccc1. The van der Waals surface area contributed by atoms with Crippen molar-refractivity contribution in [1.29, 1.82) is 0 Å². The van der Waals surface area contributed by atoms with Gasteiger partial charge >= 0.3 is 0 Å². The lowest BCUT2D eigenvalue weighted by atomic mass is 10.3. The Morgan fingerprint density at radius 3 is 0.950 bits per heavy atom. The summed E-state index contributed by atoms with van der Waals surface area (Å²) >= 11 is 0. The average Bonchev–Trinajstić information content (AvgIpc) is 2.56. The zero-order valence-electron chi connectivity index (χ0n) is 11.2. The summed E-state index contributed by atoms with van der Waals surface area (Å²) in [4.78, 5) is 0. The van der Waals surface area contributed by atoms with Gasteiger partial charge in [-0.15, -0.1) is 0 Å². The van der Waals surface area contributed by atoms with Gasteiger partial charge in [-0.1, -0.05) is 107 Å². The molecule has 0 saturated heterocycles. The lowest BCUT2D eigenvalue weighted by Crippen LogP contribution is -2.68. The fourth-order valence-electron chi connectivity index (χ4n) is 2.56. The predicted molar refractivity (Wildman–Crippen MR) is 89.7 cm³/mol. The zero-order chi connectivity index (χ0) is 13.8. The van der Waals surface area contributed by atoms with Crippen molar-refractivity contribution in [2.24, 2.45) is 0 Å². The van der Waals surface area contributed by atoms with E-state index < -0.39 is 7.59 Å². The lowest BCUT2D eigenvalue weighted by molar-refractivity contribution is 1.70. The third kappa shape index (κ3) is 2.28. The normalized spacial score (nSPS) is 11.2. The molecular weight excluding hydrogens is 272 g/mol. The molecule has 95 valence electrons. The van der Waals surface area contributed by atoms with E-state index in [1.807, 2.05) is 0 Å². The Labute approximate surface area is 124 Å². The molecule has 2 heteroatoms. The second-order valence-corrected chi connectivity index (χ2v) is 10.3. The van der Waals surface area contributed by atoms with E-state index in [-0.39, 0.29) is 0 Å². The van der Waals surface area contributed by atoms with Crippen LogP contribution in [0.1, 0.15) is 0 Å². The van der Waals surface area contributed by atoms with Crippen LogP contribution in [0.25, 0.3) is 0 Å². The van der Waals surface area contributed by atoms with Crippen molar-refractivity contribution in [2.45, 2.75) is 0 Å². The fraction of sp³-hybridized carbons (Fsp3) is 0. The van der Waals surface area contributed by atoms with Gasteiger partial charge in [-0.25, -0.2) is 0 Å². The predicted octanol–water partition coefficient (Wildman–Crippen LogP) is 1.82. The second kappa shape index (κ2) is 5.61. The third-order valence-corrected chi connectivity index (χ3v) is 9.82. The summed E-state index contributed by atoms with van der Waals surface area (Å²) in [5.41, 5.74) is 0. The Balaban J connectivity index is 2.24. The Kier molecular flexibility index (Phi) is 3.67. The molecule has 0 atom stereocenters.